The molecular formula is C20H36N4O2. The van der Waals surface area contributed by atoms with Crippen molar-refractivity contribution in [1.29, 1.82) is 0 Å². The van der Waals surface area contributed by atoms with Crippen molar-refractivity contribution >= 4 is 11.8 Å². The van der Waals surface area contributed by atoms with E-state index < -0.39 is 0 Å². The Morgan fingerprint density at radius 3 is 2.23 bits per heavy atom. The van der Waals surface area contributed by atoms with E-state index in [1.807, 2.05) is 32.7 Å². The van der Waals surface area contributed by atoms with Gasteiger partial charge in [-0.15, -0.1) is 0 Å². The highest BCUT2D eigenvalue weighted by atomic mass is 16.2. The minimum Gasteiger partial charge on any atom is -0.350 e. The molecule has 2 amide bonds. The fourth-order valence-electron chi connectivity index (χ4n) is 5.09. The van der Waals surface area contributed by atoms with Crippen LogP contribution in [0.15, 0.2) is 0 Å². The minimum absolute atomic E-state index is 0.000165. The van der Waals surface area contributed by atoms with Crippen molar-refractivity contribution in [2.24, 2.45) is 17.6 Å². The number of piperidine rings is 1. The van der Waals surface area contributed by atoms with Gasteiger partial charge in [-0.25, -0.2) is 0 Å². The lowest BCUT2D eigenvalue weighted by molar-refractivity contribution is -0.149. The Balaban J connectivity index is 1.80. The summed E-state index contributed by atoms with van der Waals surface area (Å²) < 4.78 is 0. The van der Waals surface area contributed by atoms with Crippen LogP contribution in [0.25, 0.3) is 0 Å². The molecule has 1 saturated carbocycles. The Kier molecular flexibility index (Phi) is 5.63. The summed E-state index contributed by atoms with van der Waals surface area (Å²) in [5.41, 5.74) is 5.79. The zero-order valence-corrected chi connectivity index (χ0v) is 16.8. The molecule has 26 heavy (non-hydrogen) atoms. The predicted octanol–water partition coefficient (Wildman–Crippen LogP) is 1.34. The van der Waals surface area contributed by atoms with E-state index in [1.165, 1.54) is 25.7 Å². The van der Waals surface area contributed by atoms with Gasteiger partial charge in [0.25, 0.3) is 0 Å². The number of carbonyl (C=O) groups is 2. The van der Waals surface area contributed by atoms with Gasteiger partial charge in [-0.2, -0.15) is 0 Å². The molecule has 6 nitrogen and oxygen atoms in total. The van der Waals surface area contributed by atoms with Crippen LogP contribution in [0.3, 0.4) is 0 Å². The summed E-state index contributed by atoms with van der Waals surface area (Å²) >= 11 is 0. The van der Waals surface area contributed by atoms with Crippen LogP contribution in [-0.2, 0) is 9.59 Å². The second kappa shape index (κ2) is 7.47. The molecule has 0 aromatic heterocycles. The Morgan fingerprint density at radius 2 is 1.65 bits per heavy atom. The van der Waals surface area contributed by atoms with Crippen molar-refractivity contribution < 1.29 is 9.59 Å². The third-order valence-corrected chi connectivity index (χ3v) is 6.35. The number of likely N-dealkylation sites (tertiary alicyclic amines) is 2. The van der Waals surface area contributed by atoms with Crippen LogP contribution in [0.5, 0.6) is 0 Å². The molecule has 0 spiro atoms. The summed E-state index contributed by atoms with van der Waals surface area (Å²) in [7, 11) is 1.97. The lowest BCUT2D eigenvalue weighted by atomic mass is 9.72. The van der Waals surface area contributed by atoms with Crippen LogP contribution >= 0.6 is 0 Å². The summed E-state index contributed by atoms with van der Waals surface area (Å²) in [6, 6.07) is -0.482. The van der Waals surface area contributed by atoms with Crippen LogP contribution in [-0.4, -0.2) is 65.4 Å². The Hall–Kier alpha value is -1.14. The first-order valence-corrected chi connectivity index (χ1v) is 10.2. The first-order valence-electron chi connectivity index (χ1n) is 10.2. The number of fused-ring (bicyclic) bond motifs is 1. The molecule has 3 rings (SSSR count). The van der Waals surface area contributed by atoms with E-state index in [-0.39, 0.29) is 35.5 Å². The summed E-state index contributed by atoms with van der Waals surface area (Å²) in [6.07, 6.45) is 6.37. The number of rotatable bonds is 2. The standard InChI is InChI=1S/C20H36N4O2/c1-20(2,3)22-18(25)16-9-13-7-5-6-8-14(13)11-24(16)19(26)17-10-15(21)12-23(17)4/h13-17H,5-12,21H2,1-4H3,(H,22,25)/t13-,14+,15-,16-,17-/m0/s1. The molecular weight excluding hydrogens is 328 g/mol. The molecule has 1 aliphatic carbocycles. The van der Waals surface area contributed by atoms with Crippen molar-refractivity contribution in [1.82, 2.24) is 15.1 Å². The molecule has 2 aliphatic heterocycles. The smallest absolute Gasteiger partial charge is 0.243 e. The predicted molar refractivity (Wildman–Crippen MR) is 102 cm³/mol. The third kappa shape index (κ3) is 4.22. The van der Waals surface area contributed by atoms with E-state index in [1.54, 1.807) is 0 Å². The highest BCUT2D eigenvalue weighted by molar-refractivity contribution is 5.90. The maximum atomic E-state index is 13.4. The number of nitrogens with two attached hydrogens (primary N) is 1. The molecule has 0 radical (unpaired) electrons. The molecule has 3 N–H and O–H groups in total. The van der Waals surface area contributed by atoms with Crippen LogP contribution in [0, 0.1) is 11.8 Å². The zero-order valence-electron chi connectivity index (χ0n) is 16.8. The van der Waals surface area contributed by atoms with E-state index in [0.29, 0.717) is 18.3 Å². The van der Waals surface area contributed by atoms with Crippen molar-refractivity contribution in [3.8, 4) is 0 Å². The van der Waals surface area contributed by atoms with Gasteiger partial charge in [0.05, 0.1) is 6.04 Å². The Morgan fingerprint density at radius 1 is 1.00 bits per heavy atom. The van der Waals surface area contributed by atoms with Gasteiger partial charge in [0, 0.05) is 24.7 Å². The second-order valence-corrected chi connectivity index (χ2v) is 9.74. The molecule has 0 unspecified atom stereocenters. The second-order valence-electron chi connectivity index (χ2n) is 9.74. The molecule has 2 heterocycles. The van der Waals surface area contributed by atoms with E-state index in [4.69, 9.17) is 5.73 Å². The van der Waals surface area contributed by atoms with Crippen molar-refractivity contribution in [2.45, 2.75) is 83.0 Å². The largest absolute Gasteiger partial charge is 0.350 e. The number of nitrogens with zero attached hydrogens (tertiary/aromatic N) is 2. The van der Waals surface area contributed by atoms with Crippen molar-refractivity contribution in [2.75, 3.05) is 20.1 Å². The van der Waals surface area contributed by atoms with Crippen LogP contribution in [0.1, 0.15) is 59.3 Å². The molecule has 3 fully saturated rings. The molecule has 2 saturated heterocycles. The number of nitrogens with one attached hydrogen (secondary N) is 1. The third-order valence-electron chi connectivity index (χ3n) is 6.35. The van der Waals surface area contributed by atoms with Crippen LogP contribution in [0.4, 0.5) is 0 Å². The quantitative estimate of drug-likeness (QED) is 0.775. The van der Waals surface area contributed by atoms with Crippen molar-refractivity contribution in [3.63, 3.8) is 0 Å². The van der Waals surface area contributed by atoms with Gasteiger partial charge in [-0.3, -0.25) is 14.5 Å². The normalized spacial score (nSPS) is 35.9. The number of hydrogen-bond acceptors (Lipinski definition) is 4. The summed E-state index contributed by atoms with van der Waals surface area (Å²) in [5.74, 6) is 1.22. The molecule has 5 atom stereocenters. The SMILES string of the molecule is CN1C[C@@H](N)C[C@H]1C(=O)N1C[C@H]2CCCC[C@H]2C[C@H]1C(=O)NC(C)(C)C. The van der Waals surface area contributed by atoms with Gasteiger partial charge in [0.15, 0.2) is 0 Å². The maximum absolute atomic E-state index is 13.4. The highest BCUT2D eigenvalue weighted by Gasteiger charge is 2.45. The highest BCUT2D eigenvalue weighted by Crippen LogP contribution is 2.39. The number of likely N-dealkylation sites (N-methyl/N-ethyl adjacent to an activating group) is 1. The van der Waals surface area contributed by atoms with Crippen LogP contribution < -0.4 is 11.1 Å². The molecule has 6 heteroatoms. The van der Waals surface area contributed by atoms with Gasteiger partial charge in [-0.05, 0) is 58.9 Å². The van der Waals surface area contributed by atoms with E-state index >= 15 is 0 Å². The molecule has 0 bridgehead atoms. The van der Waals surface area contributed by atoms with Gasteiger partial charge in [-0.1, -0.05) is 19.3 Å². The number of carbonyl (C=O) groups excluding carboxylic acids is 2. The lowest BCUT2D eigenvalue weighted by Gasteiger charge is -2.47. The molecule has 0 aromatic carbocycles. The Labute approximate surface area is 157 Å². The summed E-state index contributed by atoms with van der Waals surface area (Å²) in [5, 5.41) is 3.11. The zero-order chi connectivity index (χ0) is 19.1. The van der Waals surface area contributed by atoms with E-state index in [2.05, 4.69) is 10.2 Å². The first kappa shape index (κ1) is 19.6. The van der Waals surface area contributed by atoms with E-state index in [0.717, 1.165) is 19.5 Å². The molecule has 148 valence electrons. The minimum atomic E-state index is -0.341. The van der Waals surface area contributed by atoms with Crippen LogP contribution in [0.2, 0.25) is 0 Å². The average molecular weight is 365 g/mol. The Bertz CT molecular complexity index is 544. The number of amides is 2. The van der Waals surface area contributed by atoms with E-state index in [9.17, 15) is 9.59 Å². The summed E-state index contributed by atoms with van der Waals surface area (Å²) in [6.45, 7) is 7.45. The monoisotopic (exact) mass is 364 g/mol. The lowest BCUT2D eigenvalue weighted by Crippen LogP contribution is -2.61. The van der Waals surface area contributed by atoms with Gasteiger partial charge in [0.2, 0.25) is 11.8 Å². The molecule has 0 aromatic rings. The maximum Gasteiger partial charge on any atom is 0.243 e. The topological polar surface area (TPSA) is 78.7 Å². The average Bonchev–Trinajstić information content (AvgIpc) is 2.89. The van der Waals surface area contributed by atoms with Gasteiger partial charge >= 0.3 is 0 Å². The first-order chi connectivity index (χ1) is 12.2. The molecule has 3 aliphatic rings. The summed E-state index contributed by atoms with van der Waals surface area (Å²) in [4.78, 5) is 30.3. The van der Waals surface area contributed by atoms with Gasteiger partial charge in [0.1, 0.15) is 6.04 Å². The number of hydrogen-bond donors (Lipinski definition) is 2. The fourth-order valence-corrected chi connectivity index (χ4v) is 5.09. The fraction of sp³-hybridized carbons (Fsp3) is 0.900. The van der Waals surface area contributed by atoms with Gasteiger partial charge < -0.3 is 16.0 Å². The van der Waals surface area contributed by atoms with Crippen molar-refractivity contribution in [3.05, 3.63) is 0 Å².